The van der Waals surface area contributed by atoms with Crippen LogP contribution in [-0.2, 0) is 0 Å². The second-order valence-corrected chi connectivity index (χ2v) is 8.91. The summed E-state index contributed by atoms with van der Waals surface area (Å²) in [5.74, 6) is 0. The molecule has 1 heterocycles. The second kappa shape index (κ2) is 10.0. The van der Waals surface area contributed by atoms with Crippen molar-refractivity contribution in [1.82, 2.24) is 10.2 Å². The minimum atomic E-state index is 1.03. The molecule has 0 bridgehead atoms. The zero-order valence-electron chi connectivity index (χ0n) is 19.4. The Kier molecular flexibility index (Phi) is 6.96. The van der Waals surface area contributed by atoms with Crippen molar-refractivity contribution < 1.29 is 0 Å². The molecule has 2 aromatic carbocycles. The van der Waals surface area contributed by atoms with E-state index in [0.717, 1.165) is 19.5 Å². The lowest BCUT2D eigenvalue weighted by molar-refractivity contribution is 0.324. The summed E-state index contributed by atoms with van der Waals surface area (Å²) in [6.07, 6.45) is 6.20. The van der Waals surface area contributed by atoms with E-state index in [-0.39, 0.29) is 0 Å². The predicted octanol–water partition coefficient (Wildman–Crippen LogP) is 7.03. The predicted molar refractivity (Wildman–Crippen MR) is 133 cm³/mol. The normalized spacial score (nSPS) is 18.6. The third-order valence-corrected chi connectivity index (χ3v) is 6.97. The highest BCUT2D eigenvalue weighted by molar-refractivity contribution is 5.75. The molecule has 2 aliphatic rings. The fraction of sp³-hybridized carbons (Fsp3) is 0.379. The van der Waals surface area contributed by atoms with Gasteiger partial charge in [-0.15, -0.1) is 0 Å². The zero-order valence-corrected chi connectivity index (χ0v) is 19.4. The first-order valence-electron chi connectivity index (χ1n) is 11.8. The lowest BCUT2D eigenvalue weighted by Crippen LogP contribution is -2.31. The topological polar surface area (TPSA) is 15.3 Å². The minimum Gasteiger partial charge on any atom is -0.388 e. The molecule has 2 aromatic rings. The standard InChI is InChI=1S/C29H36N2/c1-22(25-13-6-4-7-14-25)24(3)30-18-12-20-31-19-11-10-17-27-28(21-29(27)31)23(2)26-15-8-5-9-16-26/h4-9,13-16,30H,10-12,17-21H2,1-3H3/b24-22+,28-23-. The molecule has 162 valence electrons. The van der Waals surface area contributed by atoms with Gasteiger partial charge in [-0.1, -0.05) is 60.7 Å². The lowest BCUT2D eigenvalue weighted by atomic mass is 9.80. The van der Waals surface area contributed by atoms with Crippen LogP contribution in [-0.4, -0.2) is 24.5 Å². The molecule has 1 N–H and O–H groups in total. The van der Waals surface area contributed by atoms with Crippen molar-refractivity contribution >= 4 is 11.1 Å². The fourth-order valence-electron chi connectivity index (χ4n) is 4.84. The van der Waals surface area contributed by atoms with Crippen molar-refractivity contribution in [3.8, 4) is 0 Å². The summed E-state index contributed by atoms with van der Waals surface area (Å²) in [5.41, 5.74) is 11.6. The number of rotatable bonds is 7. The van der Waals surface area contributed by atoms with E-state index in [1.807, 2.05) is 0 Å². The van der Waals surface area contributed by atoms with Crippen molar-refractivity contribution in [1.29, 1.82) is 0 Å². The van der Waals surface area contributed by atoms with Crippen LogP contribution in [0.4, 0.5) is 0 Å². The van der Waals surface area contributed by atoms with Crippen molar-refractivity contribution in [2.45, 2.75) is 52.9 Å². The molecular formula is C29H36N2. The van der Waals surface area contributed by atoms with Crippen molar-refractivity contribution in [3.63, 3.8) is 0 Å². The molecule has 4 rings (SSSR count). The van der Waals surface area contributed by atoms with Gasteiger partial charge in [0.15, 0.2) is 0 Å². The molecule has 0 fully saturated rings. The molecule has 0 spiro atoms. The maximum absolute atomic E-state index is 3.66. The number of hydrogen-bond donors (Lipinski definition) is 1. The molecule has 0 aromatic heterocycles. The van der Waals surface area contributed by atoms with Gasteiger partial charge in [0.1, 0.15) is 0 Å². The van der Waals surface area contributed by atoms with Gasteiger partial charge in [-0.25, -0.2) is 0 Å². The van der Waals surface area contributed by atoms with Crippen LogP contribution in [0.25, 0.3) is 11.1 Å². The van der Waals surface area contributed by atoms with Crippen molar-refractivity contribution in [2.75, 3.05) is 19.6 Å². The summed E-state index contributed by atoms with van der Waals surface area (Å²) in [6, 6.07) is 21.6. The Morgan fingerprint density at radius 1 is 0.871 bits per heavy atom. The second-order valence-electron chi connectivity index (χ2n) is 8.91. The van der Waals surface area contributed by atoms with Gasteiger partial charge >= 0.3 is 0 Å². The Balaban J connectivity index is 1.37. The van der Waals surface area contributed by atoms with Crippen LogP contribution in [0.2, 0.25) is 0 Å². The van der Waals surface area contributed by atoms with Gasteiger partial charge in [-0.3, -0.25) is 0 Å². The highest BCUT2D eigenvalue weighted by Crippen LogP contribution is 2.44. The number of nitrogens with one attached hydrogen (secondary N) is 1. The summed E-state index contributed by atoms with van der Waals surface area (Å²) >= 11 is 0. The van der Waals surface area contributed by atoms with Crippen LogP contribution in [0, 0.1) is 0 Å². The first-order valence-corrected chi connectivity index (χ1v) is 11.8. The zero-order chi connectivity index (χ0) is 21.6. The van der Waals surface area contributed by atoms with Gasteiger partial charge in [0.05, 0.1) is 0 Å². The highest BCUT2D eigenvalue weighted by atomic mass is 15.1. The largest absolute Gasteiger partial charge is 0.388 e. The van der Waals surface area contributed by atoms with E-state index in [9.17, 15) is 0 Å². The summed E-state index contributed by atoms with van der Waals surface area (Å²) in [6.45, 7) is 10.1. The quantitative estimate of drug-likeness (QED) is 0.491. The van der Waals surface area contributed by atoms with Crippen LogP contribution in [0.5, 0.6) is 0 Å². The van der Waals surface area contributed by atoms with E-state index < -0.39 is 0 Å². The Bertz CT molecular complexity index is 980. The molecule has 1 aliphatic carbocycles. The average Bonchev–Trinajstić information content (AvgIpc) is 2.95. The Morgan fingerprint density at radius 3 is 2.26 bits per heavy atom. The van der Waals surface area contributed by atoms with Gasteiger partial charge in [0.25, 0.3) is 0 Å². The fourth-order valence-corrected chi connectivity index (χ4v) is 4.84. The SMILES string of the molecule is C/C(=C1\CC2=C1CCCCN2CCCN/C(C)=C(\C)c1ccccc1)c1ccccc1. The molecule has 31 heavy (non-hydrogen) atoms. The molecular weight excluding hydrogens is 376 g/mol. The number of benzene rings is 2. The molecule has 0 amide bonds. The van der Waals surface area contributed by atoms with Gasteiger partial charge in [0, 0.05) is 37.4 Å². The van der Waals surface area contributed by atoms with Crippen LogP contribution >= 0.6 is 0 Å². The first-order chi connectivity index (χ1) is 15.1. The van der Waals surface area contributed by atoms with Gasteiger partial charge in [-0.05, 0) is 79.9 Å². The van der Waals surface area contributed by atoms with E-state index in [1.54, 1.807) is 16.8 Å². The van der Waals surface area contributed by atoms with E-state index in [1.165, 1.54) is 60.2 Å². The van der Waals surface area contributed by atoms with E-state index in [0.29, 0.717) is 0 Å². The van der Waals surface area contributed by atoms with Crippen molar-refractivity contribution in [2.24, 2.45) is 0 Å². The van der Waals surface area contributed by atoms with Crippen LogP contribution in [0.3, 0.4) is 0 Å². The van der Waals surface area contributed by atoms with Crippen LogP contribution in [0.15, 0.2) is 83.2 Å². The maximum atomic E-state index is 3.66. The lowest BCUT2D eigenvalue weighted by Gasteiger charge is -2.37. The Morgan fingerprint density at radius 2 is 1.55 bits per heavy atom. The molecule has 0 unspecified atom stereocenters. The summed E-state index contributed by atoms with van der Waals surface area (Å²) in [5, 5.41) is 3.66. The maximum Gasteiger partial charge on any atom is 0.0213 e. The molecule has 2 heteroatoms. The minimum absolute atomic E-state index is 1.03. The number of hydrogen-bond acceptors (Lipinski definition) is 2. The average molecular weight is 413 g/mol. The summed E-state index contributed by atoms with van der Waals surface area (Å²) in [7, 11) is 0. The van der Waals surface area contributed by atoms with E-state index >= 15 is 0 Å². The van der Waals surface area contributed by atoms with E-state index in [2.05, 4.69) is 91.7 Å². The van der Waals surface area contributed by atoms with E-state index in [4.69, 9.17) is 0 Å². The summed E-state index contributed by atoms with van der Waals surface area (Å²) < 4.78 is 0. The summed E-state index contributed by atoms with van der Waals surface area (Å²) in [4.78, 5) is 2.68. The monoisotopic (exact) mass is 412 g/mol. The van der Waals surface area contributed by atoms with Gasteiger partial charge < -0.3 is 10.2 Å². The Labute approximate surface area is 188 Å². The van der Waals surface area contributed by atoms with Gasteiger partial charge in [-0.2, -0.15) is 0 Å². The molecule has 0 atom stereocenters. The van der Waals surface area contributed by atoms with Crippen molar-refractivity contribution in [3.05, 3.63) is 94.3 Å². The molecule has 0 saturated carbocycles. The molecule has 0 radical (unpaired) electrons. The number of allylic oxidation sites excluding steroid dienone is 5. The van der Waals surface area contributed by atoms with Crippen LogP contribution in [0.1, 0.15) is 64.0 Å². The molecule has 0 saturated heterocycles. The molecule has 2 nitrogen and oxygen atoms in total. The third-order valence-electron chi connectivity index (χ3n) is 6.97. The van der Waals surface area contributed by atoms with Gasteiger partial charge in [0.2, 0.25) is 0 Å². The number of nitrogens with zero attached hydrogens (tertiary/aromatic N) is 1. The smallest absolute Gasteiger partial charge is 0.0213 e. The van der Waals surface area contributed by atoms with Crippen LogP contribution < -0.4 is 5.32 Å². The Hall–Kier alpha value is -2.74. The third kappa shape index (κ3) is 4.95. The molecule has 1 aliphatic heterocycles. The highest BCUT2D eigenvalue weighted by Gasteiger charge is 2.30. The first kappa shape index (κ1) is 21.5.